The van der Waals surface area contributed by atoms with Crippen molar-refractivity contribution in [2.24, 2.45) is 0 Å². The molecule has 0 saturated heterocycles. The lowest BCUT2D eigenvalue weighted by Crippen LogP contribution is -2.35. The summed E-state index contributed by atoms with van der Waals surface area (Å²) in [5.41, 5.74) is 1.07. The van der Waals surface area contributed by atoms with Gasteiger partial charge >= 0.3 is 5.97 Å². The smallest absolute Gasteiger partial charge is 0.319 e. The zero-order chi connectivity index (χ0) is 13.5. The molecule has 0 atom stereocenters. The number of para-hydroxylation sites is 1. The van der Waals surface area contributed by atoms with Gasteiger partial charge < -0.3 is 9.47 Å². The first-order chi connectivity index (χ1) is 8.58. The van der Waals surface area contributed by atoms with Gasteiger partial charge in [0.05, 0.1) is 20.8 Å². The van der Waals surface area contributed by atoms with E-state index in [0.717, 1.165) is 11.3 Å². The van der Waals surface area contributed by atoms with Crippen molar-refractivity contribution in [3.8, 4) is 5.75 Å². The predicted octanol–water partition coefficient (Wildman–Crippen LogP) is 2.08. The minimum Gasteiger partial charge on any atom is -0.496 e. The van der Waals surface area contributed by atoms with E-state index in [9.17, 15) is 4.79 Å². The number of carbonyl (C=O) groups is 1. The molecule has 0 unspecified atom stereocenters. The van der Waals surface area contributed by atoms with Crippen LogP contribution < -0.4 is 4.74 Å². The molecule has 100 valence electrons. The summed E-state index contributed by atoms with van der Waals surface area (Å²) in [7, 11) is 3.06. The van der Waals surface area contributed by atoms with Crippen LogP contribution in [0.1, 0.15) is 19.4 Å². The molecule has 1 aromatic carbocycles. The van der Waals surface area contributed by atoms with E-state index in [2.05, 4.69) is 13.8 Å². The van der Waals surface area contributed by atoms with Gasteiger partial charge in [0.25, 0.3) is 0 Å². The Morgan fingerprint density at radius 1 is 1.28 bits per heavy atom. The van der Waals surface area contributed by atoms with Gasteiger partial charge in [0, 0.05) is 18.2 Å². The number of carbonyl (C=O) groups excluding carboxylic acids is 1. The Bertz CT molecular complexity index is 390. The van der Waals surface area contributed by atoms with Gasteiger partial charge in [0.1, 0.15) is 5.75 Å². The number of methoxy groups -OCH3 is 2. The van der Waals surface area contributed by atoms with Gasteiger partial charge in [-0.1, -0.05) is 18.2 Å². The first-order valence-corrected chi connectivity index (χ1v) is 6.01. The summed E-state index contributed by atoms with van der Waals surface area (Å²) in [4.78, 5) is 13.4. The van der Waals surface area contributed by atoms with Crippen molar-refractivity contribution < 1.29 is 14.3 Å². The van der Waals surface area contributed by atoms with E-state index in [1.165, 1.54) is 7.11 Å². The summed E-state index contributed by atoms with van der Waals surface area (Å²) in [5, 5.41) is 0. The topological polar surface area (TPSA) is 38.8 Å². The van der Waals surface area contributed by atoms with Crippen LogP contribution in [-0.2, 0) is 16.1 Å². The third-order valence-electron chi connectivity index (χ3n) is 2.86. The summed E-state index contributed by atoms with van der Waals surface area (Å²) in [6.07, 6.45) is 0. The monoisotopic (exact) mass is 251 g/mol. The quantitative estimate of drug-likeness (QED) is 0.726. The molecule has 0 amide bonds. The summed E-state index contributed by atoms with van der Waals surface area (Å²) in [5.74, 6) is 0.617. The van der Waals surface area contributed by atoms with Crippen molar-refractivity contribution in [3.05, 3.63) is 29.8 Å². The Balaban J connectivity index is 2.79. The van der Waals surface area contributed by atoms with Crippen LogP contribution >= 0.6 is 0 Å². The molecule has 0 aliphatic rings. The van der Waals surface area contributed by atoms with Crippen LogP contribution in [0.3, 0.4) is 0 Å². The van der Waals surface area contributed by atoms with Gasteiger partial charge in [-0.3, -0.25) is 9.69 Å². The highest BCUT2D eigenvalue weighted by Gasteiger charge is 2.16. The molecule has 0 spiro atoms. The van der Waals surface area contributed by atoms with Crippen molar-refractivity contribution in [2.75, 3.05) is 20.8 Å². The molecule has 0 fully saturated rings. The van der Waals surface area contributed by atoms with Crippen LogP contribution in [0.25, 0.3) is 0 Å². The SMILES string of the molecule is COC(=O)CN(Cc1ccccc1OC)C(C)C. The third kappa shape index (κ3) is 4.04. The summed E-state index contributed by atoms with van der Waals surface area (Å²) in [6, 6.07) is 8.09. The fraction of sp³-hybridized carbons (Fsp3) is 0.500. The minimum absolute atomic E-state index is 0.224. The summed E-state index contributed by atoms with van der Waals surface area (Å²) < 4.78 is 10.0. The lowest BCUT2D eigenvalue weighted by atomic mass is 10.1. The van der Waals surface area contributed by atoms with Crippen molar-refractivity contribution >= 4 is 5.97 Å². The maximum Gasteiger partial charge on any atom is 0.319 e. The standard InChI is InChI=1S/C14H21NO3/c1-11(2)15(10-14(16)18-4)9-12-7-5-6-8-13(12)17-3/h5-8,11H,9-10H2,1-4H3. The maximum atomic E-state index is 11.4. The van der Waals surface area contributed by atoms with E-state index >= 15 is 0 Å². The summed E-state index contributed by atoms with van der Waals surface area (Å²) >= 11 is 0. The van der Waals surface area contributed by atoms with Gasteiger partial charge in [-0.2, -0.15) is 0 Å². The highest BCUT2D eigenvalue weighted by molar-refractivity contribution is 5.71. The number of rotatable bonds is 6. The largest absolute Gasteiger partial charge is 0.496 e. The Morgan fingerprint density at radius 3 is 2.50 bits per heavy atom. The molecule has 4 nitrogen and oxygen atoms in total. The average Bonchev–Trinajstić information content (AvgIpc) is 2.38. The molecule has 0 heterocycles. The predicted molar refractivity (Wildman–Crippen MR) is 70.6 cm³/mol. The number of nitrogens with zero attached hydrogens (tertiary/aromatic N) is 1. The van der Waals surface area contributed by atoms with Gasteiger partial charge in [0.2, 0.25) is 0 Å². The Labute approximate surface area is 108 Å². The average molecular weight is 251 g/mol. The molecule has 1 rings (SSSR count). The Morgan fingerprint density at radius 2 is 1.94 bits per heavy atom. The fourth-order valence-corrected chi connectivity index (χ4v) is 1.70. The molecular weight excluding hydrogens is 230 g/mol. The van der Waals surface area contributed by atoms with E-state index in [1.807, 2.05) is 29.2 Å². The minimum atomic E-state index is -0.224. The van der Waals surface area contributed by atoms with Gasteiger partial charge in [0.15, 0.2) is 0 Å². The van der Waals surface area contributed by atoms with E-state index in [1.54, 1.807) is 7.11 Å². The second-order valence-electron chi connectivity index (χ2n) is 4.39. The molecule has 1 aromatic rings. The molecule has 0 N–H and O–H groups in total. The molecule has 0 saturated carbocycles. The molecule has 18 heavy (non-hydrogen) atoms. The lowest BCUT2D eigenvalue weighted by Gasteiger charge is -2.25. The van der Waals surface area contributed by atoms with Crippen LogP contribution in [0.5, 0.6) is 5.75 Å². The van der Waals surface area contributed by atoms with Crippen molar-refractivity contribution in [3.63, 3.8) is 0 Å². The van der Waals surface area contributed by atoms with Gasteiger partial charge in [-0.25, -0.2) is 0 Å². The Kier molecular flexibility index (Phi) is 5.65. The van der Waals surface area contributed by atoms with Crippen LogP contribution in [0.2, 0.25) is 0 Å². The second kappa shape index (κ2) is 7.01. The van der Waals surface area contributed by atoms with E-state index < -0.39 is 0 Å². The maximum absolute atomic E-state index is 11.4. The van der Waals surface area contributed by atoms with Crippen LogP contribution in [0.15, 0.2) is 24.3 Å². The molecular formula is C14H21NO3. The Hall–Kier alpha value is -1.55. The third-order valence-corrected chi connectivity index (χ3v) is 2.86. The summed E-state index contributed by atoms with van der Waals surface area (Å²) in [6.45, 7) is 5.06. The van der Waals surface area contributed by atoms with Crippen molar-refractivity contribution in [2.45, 2.75) is 26.4 Å². The lowest BCUT2D eigenvalue weighted by molar-refractivity contribution is -0.142. The first kappa shape index (κ1) is 14.5. The highest BCUT2D eigenvalue weighted by Crippen LogP contribution is 2.20. The zero-order valence-electron chi connectivity index (χ0n) is 11.5. The molecule has 4 heteroatoms. The fourth-order valence-electron chi connectivity index (χ4n) is 1.70. The first-order valence-electron chi connectivity index (χ1n) is 6.01. The van der Waals surface area contributed by atoms with Crippen LogP contribution in [0, 0.1) is 0 Å². The van der Waals surface area contributed by atoms with Gasteiger partial charge in [-0.15, -0.1) is 0 Å². The molecule has 0 aromatic heterocycles. The molecule has 0 radical (unpaired) electrons. The van der Waals surface area contributed by atoms with Crippen molar-refractivity contribution in [1.29, 1.82) is 0 Å². The number of hydrogen-bond donors (Lipinski definition) is 0. The van der Waals surface area contributed by atoms with E-state index in [-0.39, 0.29) is 18.6 Å². The molecule has 0 aliphatic carbocycles. The van der Waals surface area contributed by atoms with E-state index in [0.29, 0.717) is 6.54 Å². The zero-order valence-corrected chi connectivity index (χ0v) is 11.5. The van der Waals surface area contributed by atoms with Crippen LogP contribution in [-0.4, -0.2) is 37.7 Å². The van der Waals surface area contributed by atoms with Gasteiger partial charge in [-0.05, 0) is 19.9 Å². The number of ether oxygens (including phenoxy) is 2. The molecule has 0 aliphatic heterocycles. The number of esters is 1. The second-order valence-corrected chi connectivity index (χ2v) is 4.39. The van der Waals surface area contributed by atoms with Crippen molar-refractivity contribution in [1.82, 2.24) is 4.90 Å². The number of benzene rings is 1. The number of hydrogen-bond acceptors (Lipinski definition) is 4. The molecule has 0 bridgehead atoms. The van der Waals surface area contributed by atoms with E-state index in [4.69, 9.17) is 9.47 Å². The van der Waals surface area contributed by atoms with Crippen LogP contribution in [0.4, 0.5) is 0 Å². The highest BCUT2D eigenvalue weighted by atomic mass is 16.5. The normalized spacial score (nSPS) is 10.8.